The maximum absolute atomic E-state index is 13.5. The Balaban J connectivity index is 2.41. The molecule has 0 aromatic carbocycles. The molecule has 7 heteroatoms. The van der Waals surface area contributed by atoms with Gasteiger partial charge in [-0.3, -0.25) is 0 Å². The second-order valence-corrected chi connectivity index (χ2v) is 7.20. The van der Waals surface area contributed by atoms with Crippen LogP contribution in [0.2, 0.25) is 0 Å². The molecule has 19 heavy (non-hydrogen) atoms. The number of halogens is 4. The zero-order valence-corrected chi connectivity index (χ0v) is 12.6. The highest BCUT2D eigenvalue weighted by atomic mass is 32.2. The largest absolute Gasteiger partial charge is 0.213 e. The fourth-order valence-electron chi connectivity index (χ4n) is 1.64. The van der Waals surface area contributed by atoms with Gasteiger partial charge in [0.15, 0.2) is 11.6 Å². The van der Waals surface area contributed by atoms with Crippen molar-refractivity contribution in [2.75, 3.05) is 0 Å². The maximum Gasteiger partial charge on any atom is 0.213 e. The van der Waals surface area contributed by atoms with E-state index in [1.54, 1.807) is 13.8 Å². The predicted molar refractivity (Wildman–Crippen MR) is 71.3 cm³/mol. The van der Waals surface area contributed by atoms with Crippen LogP contribution >= 0.6 is 34.4 Å². The molecule has 2 rings (SSSR count). The van der Waals surface area contributed by atoms with Crippen LogP contribution in [-0.4, -0.2) is 0 Å². The summed E-state index contributed by atoms with van der Waals surface area (Å²) in [5, 5.41) is -1.76. The molecule has 0 fully saturated rings. The van der Waals surface area contributed by atoms with Crippen LogP contribution in [0, 0.1) is 21.9 Å². The van der Waals surface area contributed by atoms with E-state index in [0.29, 0.717) is 43.9 Å². The molecule has 0 amide bonds. The highest BCUT2D eigenvalue weighted by molar-refractivity contribution is 8.03. The van der Waals surface area contributed by atoms with Gasteiger partial charge in [0.2, 0.25) is 10.3 Å². The first-order valence-corrected chi connectivity index (χ1v) is 8.05. The monoisotopic (exact) mass is 326 g/mol. The first-order valence-electron chi connectivity index (χ1n) is 5.60. The van der Waals surface area contributed by atoms with Gasteiger partial charge in [0.25, 0.3) is 0 Å². The molecule has 0 atom stereocenters. The lowest BCUT2D eigenvalue weighted by Crippen LogP contribution is -1.86. The Morgan fingerprint density at radius 1 is 0.789 bits per heavy atom. The van der Waals surface area contributed by atoms with E-state index in [0.717, 1.165) is 11.8 Å². The maximum atomic E-state index is 13.5. The van der Waals surface area contributed by atoms with Crippen molar-refractivity contribution in [2.45, 2.75) is 35.1 Å². The molecular formula is C12H10F4S3. The van der Waals surface area contributed by atoms with E-state index < -0.39 is 21.9 Å². The van der Waals surface area contributed by atoms with Gasteiger partial charge in [0.1, 0.15) is 0 Å². The van der Waals surface area contributed by atoms with E-state index in [1.165, 1.54) is 0 Å². The molecule has 0 saturated carbocycles. The minimum atomic E-state index is -0.880. The molecule has 2 aromatic rings. The number of hydrogen-bond acceptors (Lipinski definition) is 3. The zero-order valence-electron chi connectivity index (χ0n) is 10.2. The summed E-state index contributed by atoms with van der Waals surface area (Å²) in [4.78, 5) is 0. The van der Waals surface area contributed by atoms with Crippen molar-refractivity contribution in [1.29, 1.82) is 0 Å². The van der Waals surface area contributed by atoms with Crippen LogP contribution < -0.4 is 0 Å². The molecule has 2 aromatic heterocycles. The van der Waals surface area contributed by atoms with Gasteiger partial charge < -0.3 is 0 Å². The molecule has 0 radical (unpaired) electrons. The summed E-state index contributed by atoms with van der Waals surface area (Å²) in [6.45, 7) is 3.43. The van der Waals surface area contributed by atoms with E-state index in [1.807, 2.05) is 0 Å². The fraction of sp³-hybridized carbons (Fsp3) is 0.333. The Labute approximate surface area is 120 Å². The quantitative estimate of drug-likeness (QED) is 0.655. The molecule has 0 aliphatic carbocycles. The summed E-state index contributed by atoms with van der Waals surface area (Å²) >= 11 is 2.39. The van der Waals surface area contributed by atoms with Gasteiger partial charge in [0, 0.05) is 11.1 Å². The van der Waals surface area contributed by atoms with Crippen molar-refractivity contribution in [2.24, 2.45) is 0 Å². The van der Waals surface area contributed by atoms with Crippen LogP contribution in [0.4, 0.5) is 17.6 Å². The first-order chi connectivity index (χ1) is 8.99. The lowest BCUT2D eigenvalue weighted by molar-refractivity contribution is 0.521. The van der Waals surface area contributed by atoms with Gasteiger partial charge in [-0.1, -0.05) is 48.3 Å². The molecular weight excluding hydrogens is 316 g/mol. The van der Waals surface area contributed by atoms with E-state index in [9.17, 15) is 17.6 Å². The van der Waals surface area contributed by atoms with Crippen LogP contribution in [0.3, 0.4) is 0 Å². The summed E-state index contributed by atoms with van der Waals surface area (Å²) in [5.41, 5.74) is 0.535. The average molecular weight is 326 g/mol. The zero-order chi connectivity index (χ0) is 14.2. The third-order valence-electron chi connectivity index (χ3n) is 2.62. The van der Waals surface area contributed by atoms with Crippen molar-refractivity contribution < 1.29 is 17.6 Å². The molecule has 0 nitrogen and oxygen atoms in total. The summed E-state index contributed by atoms with van der Waals surface area (Å²) < 4.78 is 54.3. The topological polar surface area (TPSA) is 0 Å². The van der Waals surface area contributed by atoms with Gasteiger partial charge >= 0.3 is 0 Å². The standard InChI is InChI=1S/C12H10F4S3/c1-3-5-7(13)9(15)17-11(5)19-12-6(4-2)8(14)10(16)18-12/h3-4H2,1-2H3. The normalized spacial score (nSPS) is 11.3. The van der Waals surface area contributed by atoms with Gasteiger partial charge in [-0.15, -0.1) is 0 Å². The molecule has 0 unspecified atom stereocenters. The summed E-state index contributed by atoms with van der Waals surface area (Å²) in [6.07, 6.45) is 0.679. The molecule has 0 N–H and O–H groups in total. The SMILES string of the molecule is CCc1c(Sc2sc(F)c(F)c2CC)sc(F)c1F. The van der Waals surface area contributed by atoms with E-state index >= 15 is 0 Å². The molecule has 0 spiro atoms. The number of thiophene rings is 2. The Hall–Kier alpha value is -0.530. The second-order valence-electron chi connectivity index (χ2n) is 3.72. The molecule has 0 aliphatic heterocycles. The van der Waals surface area contributed by atoms with Crippen LogP contribution in [0.15, 0.2) is 8.42 Å². The third kappa shape index (κ3) is 2.68. The second kappa shape index (κ2) is 5.85. The lowest BCUT2D eigenvalue weighted by atomic mass is 10.2. The van der Waals surface area contributed by atoms with Crippen molar-refractivity contribution in [1.82, 2.24) is 0 Å². The van der Waals surface area contributed by atoms with E-state index in [2.05, 4.69) is 0 Å². The van der Waals surface area contributed by atoms with Crippen LogP contribution in [0.1, 0.15) is 25.0 Å². The molecule has 0 saturated heterocycles. The van der Waals surface area contributed by atoms with Crippen LogP contribution in [-0.2, 0) is 12.8 Å². The Bertz CT molecular complexity index is 548. The van der Waals surface area contributed by atoms with Gasteiger partial charge in [0.05, 0.1) is 8.42 Å². The van der Waals surface area contributed by atoms with Gasteiger partial charge in [-0.2, -0.15) is 8.78 Å². The predicted octanol–water partition coefficient (Wildman–Crippen LogP) is 5.64. The summed E-state index contributed by atoms with van der Waals surface area (Å²) in [5.74, 6) is -1.71. The Kier molecular flexibility index (Phi) is 4.58. The van der Waals surface area contributed by atoms with Crippen LogP contribution in [0.5, 0.6) is 0 Å². The lowest BCUT2D eigenvalue weighted by Gasteiger charge is -2.01. The third-order valence-corrected chi connectivity index (χ3v) is 6.07. The molecule has 0 bridgehead atoms. The fourth-order valence-corrected chi connectivity index (χ4v) is 5.42. The highest BCUT2D eigenvalue weighted by Gasteiger charge is 2.22. The Morgan fingerprint density at radius 3 is 1.47 bits per heavy atom. The van der Waals surface area contributed by atoms with E-state index in [-0.39, 0.29) is 11.1 Å². The minimum Gasteiger partial charge on any atom is -0.202 e. The summed E-state index contributed by atoms with van der Waals surface area (Å²) in [6, 6.07) is 0. The average Bonchev–Trinajstić information content (AvgIpc) is 2.79. The van der Waals surface area contributed by atoms with Crippen molar-refractivity contribution in [3.8, 4) is 0 Å². The molecule has 104 valence electrons. The summed E-state index contributed by atoms with van der Waals surface area (Å²) in [7, 11) is 0. The van der Waals surface area contributed by atoms with Crippen molar-refractivity contribution in [3.63, 3.8) is 0 Å². The molecule has 0 aliphatic rings. The van der Waals surface area contributed by atoms with Gasteiger partial charge in [-0.05, 0) is 12.8 Å². The van der Waals surface area contributed by atoms with Crippen LogP contribution in [0.25, 0.3) is 0 Å². The highest BCUT2D eigenvalue weighted by Crippen LogP contribution is 2.44. The first kappa shape index (κ1) is 14.9. The van der Waals surface area contributed by atoms with Crippen molar-refractivity contribution in [3.05, 3.63) is 33.0 Å². The van der Waals surface area contributed by atoms with Gasteiger partial charge in [-0.25, -0.2) is 8.78 Å². The Morgan fingerprint density at radius 2 is 1.16 bits per heavy atom. The minimum absolute atomic E-state index is 0.267. The number of rotatable bonds is 4. The van der Waals surface area contributed by atoms with Crippen molar-refractivity contribution >= 4 is 34.4 Å². The smallest absolute Gasteiger partial charge is 0.202 e. The molecule has 2 heterocycles. The van der Waals surface area contributed by atoms with E-state index in [4.69, 9.17) is 0 Å². The number of hydrogen-bond donors (Lipinski definition) is 0.